The van der Waals surface area contributed by atoms with Crippen molar-refractivity contribution in [3.05, 3.63) is 76.4 Å². The molecule has 2 aromatic rings. The highest BCUT2D eigenvalue weighted by Gasteiger charge is 2.38. The maximum atomic E-state index is 13.1. The number of carbonyl (C=O) groups excluding carboxylic acids is 2. The molecule has 0 radical (unpaired) electrons. The molecule has 1 aliphatic rings. The Hall–Kier alpha value is -3.56. The quantitative estimate of drug-likeness (QED) is 0.404. The van der Waals surface area contributed by atoms with Crippen LogP contribution in [0.1, 0.15) is 28.3 Å². The van der Waals surface area contributed by atoms with Gasteiger partial charge < -0.3 is 19.9 Å². The van der Waals surface area contributed by atoms with Crippen LogP contribution in [0.5, 0.6) is 0 Å². The number of alkyl halides is 3. The fourth-order valence-electron chi connectivity index (χ4n) is 2.76. The highest BCUT2D eigenvalue weighted by atomic mass is 19.4. The van der Waals surface area contributed by atoms with Crippen molar-refractivity contribution in [3.8, 4) is 0 Å². The molecule has 10 heteroatoms. The maximum absolute atomic E-state index is 13.1. The maximum Gasteiger partial charge on any atom is 0.449 e. The van der Waals surface area contributed by atoms with Gasteiger partial charge in [-0.2, -0.15) is 13.2 Å². The summed E-state index contributed by atoms with van der Waals surface area (Å²) in [6.45, 7) is 0.0904. The van der Waals surface area contributed by atoms with E-state index in [1.54, 1.807) is 0 Å². The molecule has 3 rings (SSSR count). The van der Waals surface area contributed by atoms with E-state index in [0.717, 1.165) is 36.4 Å². The summed E-state index contributed by atoms with van der Waals surface area (Å²) >= 11 is 0. The molecule has 3 N–H and O–H groups in total. The number of ketones is 1. The predicted octanol–water partition coefficient (Wildman–Crippen LogP) is 3.81. The van der Waals surface area contributed by atoms with Gasteiger partial charge in [0.25, 0.3) is 5.91 Å². The molecule has 0 bridgehead atoms. The molecule has 0 spiro atoms. The summed E-state index contributed by atoms with van der Waals surface area (Å²) in [6.07, 6.45) is -5.14. The number of nitrogens with one attached hydrogen (secondary N) is 1. The van der Waals surface area contributed by atoms with Gasteiger partial charge in [-0.25, -0.2) is 4.39 Å². The van der Waals surface area contributed by atoms with Gasteiger partial charge in [0, 0.05) is 6.54 Å². The first-order valence-corrected chi connectivity index (χ1v) is 8.21. The fourth-order valence-corrected chi connectivity index (χ4v) is 2.76. The monoisotopic (exact) mass is 411 g/mol. The molecule has 6 nitrogen and oxygen atoms in total. The number of amides is 1. The van der Waals surface area contributed by atoms with Crippen molar-refractivity contribution < 1.29 is 41.8 Å². The largest absolute Gasteiger partial charge is 0.504 e. The zero-order chi connectivity index (χ0) is 21.3. The molecule has 0 atom stereocenters. The van der Waals surface area contributed by atoms with E-state index in [0.29, 0.717) is 0 Å². The molecule has 2 heterocycles. The fraction of sp³-hybridized carbons (Fsp3) is 0.158. The van der Waals surface area contributed by atoms with Gasteiger partial charge in [-0.1, -0.05) is 12.1 Å². The van der Waals surface area contributed by atoms with Crippen molar-refractivity contribution in [2.75, 3.05) is 6.54 Å². The molecule has 0 unspecified atom stereocenters. The van der Waals surface area contributed by atoms with Crippen LogP contribution in [0.2, 0.25) is 0 Å². The second kappa shape index (κ2) is 7.46. The van der Waals surface area contributed by atoms with Gasteiger partial charge in [-0.15, -0.1) is 0 Å². The third-order valence-corrected chi connectivity index (χ3v) is 4.15. The van der Waals surface area contributed by atoms with Crippen molar-refractivity contribution >= 4 is 17.3 Å². The highest BCUT2D eigenvalue weighted by Crippen LogP contribution is 2.36. The summed E-state index contributed by atoms with van der Waals surface area (Å²) in [5.74, 6) is -6.17. The molecule has 0 fully saturated rings. The van der Waals surface area contributed by atoms with Crippen LogP contribution in [0.15, 0.2) is 57.9 Å². The predicted molar refractivity (Wildman–Crippen MR) is 91.4 cm³/mol. The van der Waals surface area contributed by atoms with Crippen LogP contribution in [0.25, 0.3) is 5.57 Å². The van der Waals surface area contributed by atoms with Crippen LogP contribution in [0.3, 0.4) is 0 Å². The van der Waals surface area contributed by atoms with E-state index in [2.05, 4.69) is 5.32 Å². The van der Waals surface area contributed by atoms with E-state index in [-0.39, 0.29) is 24.1 Å². The Morgan fingerprint density at radius 2 is 1.69 bits per heavy atom. The minimum absolute atomic E-state index is 0.000893. The molecule has 29 heavy (non-hydrogen) atoms. The summed E-state index contributed by atoms with van der Waals surface area (Å²) in [5.41, 5.74) is -1.24. The van der Waals surface area contributed by atoms with E-state index >= 15 is 0 Å². The third-order valence-electron chi connectivity index (χ3n) is 4.15. The van der Waals surface area contributed by atoms with Crippen LogP contribution in [0.4, 0.5) is 17.6 Å². The Balaban J connectivity index is 2.07. The number of furan rings is 1. The molecule has 1 amide bonds. The smallest absolute Gasteiger partial charge is 0.449 e. The van der Waals surface area contributed by atoms with Crippen molar-refractivity contribution in [2.45, 2.75) is 12.6 Å². The van der Waals surface area contributed by atoms with Crippen LogP contribution in [-0.2, 0) is 4.79 Å². The van der Waals surface area contributed by atoms with Crippen molar-refractivity contribution in [2.24, 2.45) is 0 Å². The number of allylic oxidation sites excluding steroid dienone is 1. The minimum atomic E-state index is -5.14. The highest BCUT2D eigenvalue weighted by molar-refractivity contribution is 6.12. The van der Waals surface area contributed by atoms with Crippen LogP contribution in [0, 0.1) is 5.82 Å². The first-order valence-electron chi connectivity index (χ1n) is 8.21. The Bertz CT molecular complexity index is 1030. The lowest BCUT2D eigenvalue weighted by Gasteiger charge is -2.15. The Morgan fingerprint density at radius 3 is 2.31 bits per heavy atom. The van der Waals surface area contributed by atoms with Crippen molar-refractivity contribution in [1.29, 1.82) is 0 Å². The Morgan fingerprint density at radius 1 is 1.07 bits per heavy atom. The molecular formula is C19H13F4NO5. The van der Waals surface area contributed by atoms with Gasteiger partial charge in [0.2, 0.25) is 11.5 Å². The van der Waals surface area contributed by atoms with Crippen LogP contribution in [-0.4, -0.2) is 34.6 Å². The number of carbonyl (C=O) groups is 2. The molecule has 1 aromatic carbocycles. The van der Waals surface area contributed by atoms with E-state index < -0.39 is 52.3 Å². The first-order chi connectivity index (χ1) is 13.6. The Kier molecular flexibility index (Phi) is 5.19. The van der Waals surface area contributed by atoms with Gasteiger partial charge >= 0.3 is 6.18 Å². The van der Waals surface area contributed by atoms with Gasteiger partial charge in [0.05, 0.1) is 11.1 Å². The van der Waals surface area contributed by atoms with E-state index in [9.17, 15) is 37.4 Å². The number of aliphatic hydroxyl groups excluding tert-OH is 2. The molecule has 0 saturated heterocycles. The zero-order valence-corrected chi connectivity index (χ0v) is 14.5. The second-order valence-corrected chi connectivity index (χ2v) is 6.05. The van der Waals surface area contributed by atoms with Gasteiger partial charge in [-0.05, 0) is 36.2 Å². The SMILES string of the molecule is O=C1NCCC(C(=O)c2ccc(/C(=C(/O)C(F)(F)F)c3ccc(F)cc3)o2)=C1O. The second-order valence-electron chi connectivity index (χ2n) is 6.05. The average molecular weight is 411 g/mol. The molecule has 0 saturated carbocycles. The van der Waals surface area contributed by atoms with Gasteiger partial charge in [0.15, 0.2) is 11.5 Å². The molecule has 1 aromatic heterocycles. The Labute approximate surface area is 160 Å². The van der Waals surface area contributed by atoms with Crippen molar-refractivity contribution in [1.82, 2.24) is 5.32 Å². The summed E-state index contributed by atoms with van der Waals surface area (Å²) in [6, 6.07) is 5.90. The van der Waals surface area contributed by atoms with Crippen molar-refractivity contribution in [3.63, 3.8) is 0 Å². The molecule has 152 valence electrons. The van der Waals surface area contributed by atoms with E-state index in [1.807, 2.05) is 0 Å². The number of rotatable bonds is 4. The number of hydrogen-bond acceptors (Lipinski definition) is 5. The summed E-state index contributed by atoms with van der Waals surface area (Å²) in [7, 11) is 0. The molecule has 1 aliphatic heterocycles. The van der Waals surface area contributed by atoms with Gasteiger partial charge in [0.1, 0.15) is 11.6 Å². The normalized spacial score (nSPS) is 15.8. The first kappa shape index (κ1) is 20.2. The van der Waals surface area contributed by atoms with Crippen LogP contribution < -0.4 is 5.32 Å². The van der Waals surface area contributed by atoms with E-state index in [1.165, 1.54) is 0 Å². The third kappa shape index (κ3) is 4.00. The molecule has 0 aliphatic carbocycles. The lowest BCUT2D eigenvalue weighted by Crippen LogP contribution is -2.33. The topological polar surface area (TPSA) is 99.8 Å². The number of Topliss-reactive ketones (excluding diaryl/α,β-unsaturated/α-hetero) is 1. The number of hydrogen-bond donors (Lipinski definition) is 3. The average Bonchev–Trinajstić information content (AvgIpc) is 3.14. The summed E-state index contributed by atoms with van der Waals surface area (Å²) in [4.78, 5) is 24.0. The number of benzene rings is 1. The number of aliphatic hydroxyl groups is 2. The lowest BCUT2D eigenvalue weighted by molar-refractivity contribution is -0.120. The molecular weight excluding hydrogens is 398 g/mol. The number of halogens is 4. The minimum Gasteiger partial charge on any atom is -0.504 e. The zero-order valence-electron chi connectivity index (χ0n) is 14.5. The van der Waals surface area contributed by atoms with Crippen LogP contribution >= 0.6 is 0 Å². The summed E-state index contributed by atoms with van der Waals surface area (Å²) < 4.78 is 57.7. The lowest BCUT2D eigenvalue weighted by atomic mass is 10.0. The van der Waals surface area contributed by atoms with E-state index in [4.69, 9.17) is 4.42 Å². The van der Waals surface area contributed by atoms with Gasteiger partial charge in [-0.3, -0.25) is 9.59 Å². The summed E-state index contributed by atoms with van der Waals surface area (Å²) in [5, 5.41) is 21.8. The standard InChI is InChI=1S/C19H13F4NO5/c20-10-3-1-9(2-4-10)14(17(27)19(21,22)23)12-5-6-13(29-12)15(25)11-7-8-24-18(28)16(11)26/h1-6,26-27H,7-8H2,(H,24,28)/b17-14+.